The Morgan fingerprint density at radius 3 is 2.11 bits per heavy atom. The molecule has 0 radical (unpaired) electrons. The minimum absolute atomic E-state index is 0.0305. The molecule has 9 nitrogen and oxygen atoms in total. The van der Waals surface area contributed by atoms with E-state index in [4.69, 9.17) is 23.0 Å². The third kappa shape index (κ3) is 5.02. The highest BCUT2D eigenvalue weighted by Gasteiger charge is 2.25. The lowest BCUT2D eigenvalue weighted by atomic mass is 9.98. The highest BCUT2D eigenvalue weighted by Crippen LogP contribution is 2.42. The number of rotatable bonds is 8. The van der Waals surface area contributed by atoms with Gasteiger partial charge in [0, 0.05) is 11.1 Å². The Morgan fingerprint density at radius 2 is 1.57 bits per heavy atom. The van der Waals surface area contributed by atoms with Crippen molar-refractivity contribution in [3.05, 3.63) is 78.3 Å². The Hall–Kier alpha value is -4.97. The second kappa shape index (κ2) is 10.3. The molecule has 2 heterocycles. The second-order valence-electron chi connectivity index (χ2n) is 7.18. The average molecular weight is 472 g/mol. The molecule has 0 bridgehead atoms. The number of furan rings is 2. The number of nitrogens with zero attached hydrogens (tertiary/aromatic N) is 1. The summed E-state index contributed by atoms with van der Waals surface area (Å²) in [6, 6.07) is 19.2. The third-order valence-corrected chi connectivity index (χ3v) is 5.06. The molecule has 2 aromatic heterocycles. The molecule has 1 amide bonds. The third-order valence-electron chi connectivity index (χ3n) is 5.06. The Balaban J connectivity index is 1.67. The number of esters is 1. The number of methoxy groups -OCH3 is 2. The summed E-state index contributed by atoms with van der Waals surface area (Å²) < 4.78 is 26.3. The van der Waals surface area contributed by atoms with Crippen molar-refractivity contribution in [2.45, 2.75) is 0 Å². The minimum atomic E-state index is -0.789. The van der Waals surface area contributed by atoms with Crippen molar-refractivity contribution in [1.29, 1.82) is 5.26 Å². The van der Waals surface area contributed by atoms with Gasteiger partial charge in [0.25, 0.3) is 5.91 Å². The number of hydrogen-bond acceptors (Lipinski definition) is 8. The van der Waals surface area contributed by atoms with Gasteiger partial charge in [-0.2, -0.15) is 5.26 Å². The lowest BCUT2D eigenvalue weighted by molar-refractivity contribution is -0.119. The Labute approximate surface area is 200 Å². The average Bonchev–Trinajstić information content (AvgIpc) is 3.56. The van der Waals surface area contributed by atoms with E-state index in [-0.39, 0.29) is 17.2 Å². The van der Waals surface area contributed by atoms with Crippen LogP contribution >= 0.6 is 0 Å². The predicted octanol–water partition coefficient (Wildman–Crippen LogP) is 4.89. The monoisotopic (exact) mass is 472 g/mol. The van der Waals surface area contributed by atoms with Crippen molar-refractivity contribution >= 4 is 17.8 Å². The quantitative estimate of drug-likeness (QED) is 0.360. The Kier molecular flexibility index (Phi) is 6.83. The zero-order valence-electron chi connectivity index (χ0n) is 18.9. The summed E-state index contributed by atoms with van der Waals surface area (Å²) in [6.07, 6.45) is 1.32. The standard InChI is InChI=1S/C26H20N2O7/c1-31-18-9-5-16(6-10-18)23-20(14-27)25(35-24(23)17-7-11-19(32-2)12-8-17)28-22(29)15-34-26(30)21-4-3-13-33-21/h3-13H,15H2,1-2H3,(H,28,29). The number of ether oxygens (including phenoxy) is 3. The van der Waals surface area contributed by atoms with E-state index in [9.17, 15) is 14.9 Å². The Bertz CT molecular complexity index is 1360. The van der Waals surface area contributed by atoms with E-state index in [2.05, 4.69) is 11.4 Å². The topological polar surface area (TPSA) is 124 Å². The first-order valence-corrected chi connectivity index (χ1v) is 10.4. The number of benzene rings is 2. The van der Waals surface area contributed by atoms with Crippen molar-refractivity contribution in [3.63, 3.8) is 0 Å². The van der Waals surface area contributed by atoms with Gasteiger partial charge in [0.1, 0.15) is 28.9 Å². The molecule has 0 aliphatic heterocycles. The van der Waals surface area contributed by atoms with E-state index >= 15 is 0 Å². The van der Waals surface area contributed by atoms with Crippen LogP contribution in [0, 0.1) is 11.3 Å². The predicted molar refractivity (Wildman–Crippen MR) is 125 cm³/mol. The van der Waals surface area contributed by atoms with Crippen molar-refractivity contribution in [1.82, 2.24) is 0 Å². The fourth-order valence-electron chi connectivity index (χ4n) is 3.36. The summed E-state index contributed by atoms with van der Waals surface area (Å²) in [6.45, 7) is -0.596. The molecule has 176 valence electrons. The van der Waals surface area contributed by atoms with E-state index < -0.39 is 18.5 Å². The normalized spacial score (nSPS) is 10.3. The molecule has 0 saturated heterocycles. The maximum atomic E-state index is 12.5. The van der Waals surface area contributed by atoms with Gasteiger partial charge in [0.05, 0.1) is 20.5 Å². The van der Waals surface area contributed by atoms with Gasteiger partial charge in [0.15, 0.2) is 6.61 Å². The van der Waals surface area contributed by atoms with Crippen molar-refractivity contribution in [2.24, 2.45) is 0 Å². The molecule has 9 heteroatoms. The van der Waals surface area contributed by atoms with Crippen LogP contribution in [0.3, 0.4) is 0 Å². The van der Waals surface area contributed by atoms with Gasteiger partial charge in [-0.1, -0.05) is 12.1 Å². The number of nitrogens with one attached hydrogen (secondary N) is 1. The lowest BCUT2D eigenvalue weighted by Gasteiger charge is -2.06. The summed E-state index contributed by atoms with van der Waals surface area (Å²) in [5, 5.41) is 12.5. The van der Waals surface area contributed by atoms with Crippen LogP contribution in [0.1, 0.15) is 16.1 Å². The van der Waals surface area contributed by atoms with Gasteiger partial charge in [-0.25, -0.2) is 4.79 Å². The first kappa shape index (κ1) is 23.2. The van der Waals surface area contributed by atoms with Crippen molar-refractivity contribution in [2.75, 3.05) is 26.1 Å². The van der Waals surface area contributed by atoms with Crippen molar-refractivity contribution < 1.29 is 32.6 Å². The molecule has 0 unspecified atom stereocenters. The first-order chi connectivity index (χ1) is 17.0. The summed E-state index contributed by atoms with van der Waals surface area (Å²) >= 11 is 0. The molecule has 0 fully saturated rings. The van der Waals surface area contributed by atoms with E-state index in [0.29, 0.717) is 33.9 Å². The fraction of sp³-hybridized carbons (Fsp3) is 0.115. The van der Waals surface area contributed by atoms with Crippen LogP contribution in [-0.2, 0) is 9.53 Å². The smallest absolute Gasteiger partial charge is 0.374 e. The van der Waals surface area contributed by atoms with Gasteiger partial charge < -0.3 is 23.0 Å². The lowest BCUT2D eigenvalue weighted by Crippen LogP contribution is -2.20. The van der Waals surface area contributed by atoms with E-state index in [1.165, 1.54) is 18.4 Å². The number of amides is 1. The summed E-state index contributed by atoms with van der Waals surface area (Å²) in [7, 11) is 3.12. The van der Waals surface area contributed by atoms with E-state index in [1.54, 1.807) is 62.8 Å². The van der Waals surface area contributed by atoms with Crippen LogP contribution < -0.4 is 14.8 Å². The largest absolute Gasteiger partial charge is 0.497 e. The number of hydrogen-bond donors (Lipinski definition) is 1. The molecular formula is C26H20N2O7. The number of carbonyl (C=O) groups excluding carboxylic acids is 2. The molecule has 4 rings (SSSR count). The second-order valence-corrected chi connectivity index (χ2v) is 7.18. The highest BCUT2D eigenvalue weighted by atomic mass is 16.5. The van der Waals surface area contributed by atoms with Crippen LogP contribution in [0.15, 0.2) is 75.8 Å². The molecule has 35 heavy (non-hydrogen) atoms. The zero-order valence-corrected chi connectivity index (χ0v) is 18.9. The molecule has 1 N–H and O–H groups in total. The SMILES string of the molecule is COc1ccc(-c2oc(NC(=O)COC(=O)c3ccco3)c(C#N)c2-c2ccc(OC)cc2)cc1. The molecule has 0 aliphatic carbocycles. The molecule has 4 aromatic rings. The van der Waals surface area contributed by atoms with Crippen molar-refractivity contribution in [3.8, 4) is 40.0 Å². The van der Waals surface area contributed by atoms with Crippen LogP contribution in [0.4, 0.5) is 5.88 Å². The molecule has 0 saturated carbocycles. The number of anilines is 1. The number of nitriles is 1. The summed E-state index contributed by atoms with van der Waals surface area (Å²) in [4.78, 5) is 24.4. The van der Waals surface area contributed by atoms with Crippen LogP contribution in [0.5, 0.6) is 11.5 Å². The van der Waals surface area contributed by atoms with Gasteiger partial charge >= 0.3 is 5.97 Å². The van der Waals surface area contributed by atoms with Crippen LogP contribution in [-0.4, -0.2) is 32.7 Å². The molecular weight excluding hydrogens is 452 g/mol. The van der Waals surface area contributed by atoms with Crippen LogP contribution in [0.25, 0.3) is 22.5 Å². The fourth-order valence-corrected chi connectivity index (χ4v) is 3.36. The minimum Gasteiger partial charge on any atom is -0.497 e. The van der Waals surface area contributed by atoms with Gasteiger partial charge in [-0.3, -0.25) is 10.1 Å². The maximum absolute atomic E-state index is 12.5. The van der Waals surface area contributed by atoms with E-state index in [1.807, 2.05) is 0 Å². The molecule has 2 aromatic carbocycles. The van der Waals surface area contributed by atoms with E-state index in [0.717, 1.165) is 0 Å². The molecule has 0 spiro atoms. The van der Waals surface area contributed by atoms with Gasteiger partial charge in [-0.05, 0) is 54.1 Å². The molecule has 0 atom stereocenters. The Morgan fingerprint density at radius 1 is 0.943 bits per heavy atom. The number of carbonyl (C=O) groups is 2. The highest BCUT2D eigenvalue weighted by molar-refractivity contribution is 5.97. The first-order valence-electron chi connectivity index (χ1n) is 10.4. The molecule has 0 aliphatic rings. The summed E-state index contributed by atoms with van der Waals surface area (Å²) in [5.41, 5.74) is 1.95. The zero-order chi connectivity index (χ0) is 24.8. The van der Waals surface area contributed by atoms with Gasteiger partial charge in [-0.15, -0.1) is 0 Å². The van der Waals surface area contributed by atoms with Crippen LogP contribution in [0.2, 0.25) is 0 Å². The van der Waals surface area contributed by atoms with Gasteiger partial charge in [0.2, 0.25) is 11.6 Å². The maximum Gasteiger partial charge on any atom is 0.374 e. The summed E-state index contributed by atoms with van der Waals surface area (Å²) in [5.74, 6) is 0.102.